The van der Waals surface area contributed by atoms with Gasteiger partial charge in [0.25, 0.3) is 0 Å². The Hall–Kier alpha value is -2.36. The minimum Gasteiger partial charge on any atom is -0.477 e. The van der Waals surface area contributed by atoms with E-state index in [0.717, 1.165) is 21.8 Å². The van der Waals surface area contributed by atoms with E-state index in [-0.39, 0.29) is 5.69 Å². The van der Waals surface area contributed by atoms with Crippen LogP contribution in [0.1, 0.15) is 16.1 Å². The molecule has 1 aromatic carbocycles. The fourth-order valence-corrected chi connectivity index (χ4v) is 2.22. The van der Waals surface area contributed by atoms with Gasteiger partial charge < -0.3 is 10.1 Å². The summed E-state index contributed by atoms with van der Waals surface area (Å²) in [5, 5.41) is 11.0. The molecule has 0 radical (unpaired) electrons. The molecule has 0 bridgehead atoms. The third-order valence-corrected chi connectivity index (χ3v) is 2.99. The van der Waals surface area contributed by atoms with E-state index in [2.05, 4.69) is 9.97 Å². The predicted octanol–water partition coefficient (Wildman–Crippen LogP) is 2.72. The van der Waals surface area contributed by atoms with E-state index in [0.29, 0.717) is 5.56 Å². The first-order valence-corrected chi connectivity index (χ1v) is 5.28. The summed E-state index contributed by atoms with van der Waals surface area (Å²) in [4.78, 5) is 18.3. The second-order valence-corrected chi connectivity index (χ2v) is 4.00. The SMILES string of the molecule is Cc1c(C(=O)O)ncc2[nH]c3ccccc3c12. The van der Waals surface area contributed by atoms with Gasteiger partial charge in [0.15, 0.2) is 5.69 Å². The number of H-pyrrole nitrogens is 1. The van der Waals surface area contributed by atoms with Crippen molar-refractivity contribution in [1.82, 2.24) is 9.97 Å². The fourth-order valence-electron chi connectivity index (χ4n) is 2.22. The maximum atomic E-state index is 11.1. The van der Waals surface area contributed by atoms with Crippen LogP contribution < -0.4 is 0 Å². The van der Waals surface area contributed by atoms with Crippen LogP contribution in [-0.4, -0.2) is 21.0 Å². The van der Waals surface area contributed by atoms with Crippen LogP contribution in [0.15, 0.2) is 30.5 Å². The average Bonchev–Trinajstić information content (AvgIpc) is 2.67. The number of hydrogen-bond acceptors (Lipinski definition) is 2. The Morgan fingerprint density at radius 1 is 1.29 bits per heavy atom. The highest BCUT2D eigenvalue weighted by molar-refractivity contribution is 6.10. The summed E-state index contributed by atoms with van der Waals surface area (Å²) < 4.78 is 0. The molecule has 3 aromatic rings. The fraction of sp³-hybridized carbons (Fsp3) is 0.0769. The molecule has 84 valence electrons. The van der Waals surface area contributed by atoms with Crippen molar-refractivity contribution in [3.63, 3.8) is 0 Å². The Labute approximate surface area is 96.9 Å². The molecule has 0 amide bonds. The zero-order valence-corrected chi connectivity index (χ0v) is 9.19. The lowest BCUT2D eigenvalue weighted by atomic mass is 10.1. The van der Waals surface area contributed by atoms with Gasteiger partial charge in [0.1, 0.15) is 0 Å². The summed E-state index contributed by atoms with van der Waals surface area (Å²) in [7, 11) is 0. The van der Waals surface area contributed by atoms with Crippen LogP contribution in [0.25, 0.3) is 21.8 Å². The predicted molar refractivity (Wildman–Crippen MR) is 65.3 cm³/mol. The molecule has 4 heteroatoms. The molecule has 0 saturated carbocycles. The molecule has 0 fully saturated rings. The summed E-state index contributed by atoms with van der Waals surface area (Å²) in [6.45, 7) is 1.79. The molecule has 4 nitrogen and oxygen atoms in total. The Morgan fingerprint density at radius 2 is 2.06 bits per heavy atom. The van der Waals surface area contributed by atoms with Crippen molar-refractivity contribution in [2.75, 3.05) is 0 Å². The molecule has 2 aromatic heterocycles. The van der Waals surface area contributed by atoms with Crippen molar-refractivity contribution >= 4 is 27.8 Å². The number of carboxylic acid groups (broad SMARTS) is 1. The largest absolute Gasteiger partial charge is 0.477 e. The maximum absolute atomic E-state index is 11.1. The zero-order chi connectivity index (χ0) is 12.0. The van der Waals surface area contributed by atoms with Crippen LogP contribution >= 0.6 is 0 Å². The van der Waals surface area contributed by atoms with E-state index >= 15 is 0 Å². The molecule has 3 rings (SSSR count). The summed E-state index contributed by atoms with van der Waals surface area (Å²) in [6.07, 6.45) is 1.58. The van der Waals surface area contributed by atoms with Gasteiger partial charge in [-0.05, 0) is 18.6 Å². The van der Waals surface area contributed by atoms with Crippen LogP contribution in [0.3, 0.4) is 0 Å². The number of benzene rings is 1. The van der Waals surface area contributed by atoms with Crippen molar-refractivity contribution in [3.8, 4) is 0 Å². The van der Waals surface area contributed by atoms with Gasteiger partial charge in [0, 0.05) is 16.3 Å². The van der Waals surface area contributed by atoms with Crippen LogP contribution in [0, 0.1) is 6.92 Å². The van der Waals surface area contributed by atoms with Gasteiger partial charge in [-0.2, -0.15) is 0 Å². The number of rotatable bonds is 1. The maximum Gasteiger partial charge on any atom is 0.354 e. The minimum absolute atomic E-state index is 0.113. The van der Waals surface area contributed by atoms with Crippen molar-refractivity contribution in [3.05, 3.63) is 41.7 Å². The number of aryl methyl sites for hydroxylation is 1. The lowest BCUT2D eigenvalue weighted by Crippen LogP contribution is -2.03. The Balaban J connectivity index is 2.52. The molecule has 0 saturated heterocycles. The first kappa shape index (κ1) is 9.84. The minimum atomic E-state index is -0.991. The summed E-state index contributed by atoms with van der Waals surface area (Å²) in [5.74, 6) is -0.991. The first-order chi connectivity index (χ1) is 8.18. The molecule has 0 atom stereocenters. The Morgan fingerprint density at radius 3 is 2.82 bits per heavy atom. The van der Waals surface area contributed by atoms with Crippen molar-refractivity contribution < 1.29 is 9.90 Å². The van der Waals surface area contributed by atoms with E-state index in [1.54, 1.807) is 13.1 Å². The van der Waals surface area contributed by atoms with E-state index in [9.17, 15) is 4.79 Å². The molecular formula is C13H10N2O2. The number of aromatic carboxylic acids is 1. The van der Waals surface area contributed by atoms with Gasteiger partial charge in [0.05, 0.1) is 11.7 Å². The molecule has 0 aliphatic heterocycles. The van der Waals surface area contributed by atoms with Gasteiger partial charge in [-0.1, -0.05) is 18.2 Å². The molecule has 0 aliphatic carbocycles. The van der Waals surface area contributed by atoms with Gasteiger partial charge in [-0.3, -0.25) is 0 Å². The number of fused-ring (bicyclic) bond motifs is 3. The second-order valence-electron chi connectivity index (χ2n) is 4.00. The third kappa shape index (κ3) is 1.30. The molecular weight excluding hydrogens is 216 g/mol. The molecule has 0 spiro atoms. The van der Waals surface area contributed by atoms with Crippen LogP contribution in [0.2, 0.25) is 0 Å². The number of nitrogens with zero attached hydrogens (tertiary/aromatic N) is 1. The highest BCUT2D eigenvalue weighted by atomic mass is 16.4. The van der Waals surface area contributed by atoms with Crippen molar-refractivity contribution in [2.24, 2.45) is 0 Å². The summed E-state index contributed by atoms with van der Waals surface area (Å²) >= 11 is 0. The van der Waals surface area contributed by atoms with Crippen LogP contribution in [-0.2, 0) is 0 Å². The average molecular weight is 226 g/mol. The zero-order valence-electron chi connectivity index (χ0n) is 9.19. The smallest absolute Gasteiger partial charge is 0.354 e. The number of aromatic nitrogens is 2. The second kappa shape index (κ2) is 3.31. The number of carboxylic acids is 1. The Bertz CT molecular complexity index is 744. The lowest BCUT2D eigenvalue weighted by molar-refractivity contribution is 0.0690. The highest BCUT2D eigenvalue weighted by Crippen LogP contribution is 2.28. The number of pyridine rings is 1. The van der Waals surface area contributed by atoms with Crippen LogP contribution in [0.4, 0.5) is 0 Å². The highest BCUT2D eigenvalue weighted by Gasteiger charge is 2.14. The van der Waals surface area contributed by atoms with Crippen LogP contribution in [0.5, 0.6) is 0 Å². The van der Waals surface area contributed by atoms with Crippen molar-refractivity contribution in [2.45, 2.75) is 6.92 Å². The van der Waals surface area contributed by atoms with E-state index in [4.69, 9.17) is 5.11 Å². The quantitative estimate of drug-likeness (QED) is 0.670. The normalized spacial score (nSPS) is 11.1. The molecule has 0 aliphatic rings. The number of nitrogens with one attached hydrogen (secondary N) is 1. The Kier molecular flexibility index (Phi) is 1.92. The van der Waals surface area contributed by atoms with E-state index in [1.807, 2.05) is 24.3 Å². The third-order valence-electron chi connectivity index (χ3n) is 2.99. The number of para-hydroxylation sites is 1. The molecule has 2 heterocycles. The molecule has 17 heavy (non-hydrogen) atoms. The number of hydrogen-bond donors (Lipinski definition) is 2. The monoisotopic (exact) mass is 226 g/mol. The molecule has 0 unspecified atom stereocenters. The lowest BCUT2D eigenvalue weighted by Gasteiger charge is -2.01. The van der Waals surface area contributed by atoms with E-state index < -0.39 is 5.97 Å². The first-order valence-electron chi connectivity index (χ1n) is 5.28. The standard InChI is InChI=1S/C13H10N2O2/c1-7-11-8-4-2-3-5-9(8)15-10(11)6-14-12(7)13(16)17/h2-6,15H,1H3,(H,16,17). The number of carbonyl (C=O) groups is 1. The van der Waals surface area contributed by atoms with Gasteiger partial charge in [0.2, 0.25) is 0 Å². The molecule has 2 N–H and O–H groups in total. The topological polar surface area (TPSA) is 66.0 Å². The van der Waals surface area contributed by atoms with Gasteiger partial charge in [-0.25, -0.2) is 9.78 Å². The van der Waals surface area contributed by atoms with Crippen molar-refractivity contribution in [1.29, 1.82) is 0 Å². The van der Waals surface area contributed by atoms with Gasteiger partial charge in [-0.15, -0.1) is 0 Å². The summed E-state index contributed by atoms with van der Waals surface area (Å²) in [6, 6.07) is 7.83. The number of aromatic amines is 1. The van der Waals surface area contributed by atoms with Gasteiger partial charge >= 0.3 is 5.97 Å². The summed E-state index contributed by atoms with van der Waals surface area (Å²) in [5.41, 5.74) is 2.68. The van der Waals surface area contributed by atoms with E-state index in [1.165, 1.54) is 0 Å².